The lowest BCUT2D eigenvalue weighted by Gasteiger charge is -2.26. The van der Waals surface area contributed by atoms with E-state index in [1.165, 1.54) is 45.5 Å². The van der Waals surface area contributed by atoms with Gasteiger partial charge >= 0.3 is 0 Å². The first-order valence-electron chi connectivity index (χ1n) is 11.8. The summed E-state index contributed by atoms with van der Waals surface area (Å²) in [5.74, 6) is 0.701. The predicted octanol–water partition coefficient (Wildman–Crippen LogP) is 7.33. The van der Waals surface area contributed by atoms with Gasteiger partial charge in [-0.25, -0.2) is 4.39 Å². The number of piperidine rings is 1. The molecule has 5 heteroatoms. The second kappa shape index (κ2) is 11.5. The fourth-order valence-electron chi connectivity index (χ4n) is 4.45. The Kier molecular flexibility index (Phi) is 8.25. The molecule has 1 aliphatic heterocycles. The van der Waals surface area contributed by atoms with Crippen LogP contribution in [0.4, 0.5) is 4.39 Å². The van der Waals surface area contributed by atoms with Crippen LogP contribution in [0.3, 0.4) is 0 Å². The van der Waals surface area contributed by atoms with Crippen molar-refractivity contribution in [3.8, 4) is 11.5 Å². The van der Waals surface area contributed by atoms with E-state index in [-0.39, 0.29) is 11.6 Å². The molecule has 0 aliphatic carbocycles. The maximum absolute atomic E-state index is 14.5. The minimum absolute atomic E-state index is 0.232. The van der Waals surface area contributed by atoms with Crippen molar-refractivity contribution in [1.29, 1.82) is 0 Å². The topological polar surface area (TPSA) is 21.7 Å². The summed E-state index contributed by atoms with van der Waals surface area (Å²) in [6.45, 7) is 5.99. The van der Waals surface area contributed by atoms with E-state index in [2.05, 4.69) is 17.0 Å². The second-order valence-corrected chi connectivity index (χ2v) is 9.07. The van der Waals surface area contributed by atoms with Gasteiger partial charge in [-0.3, -0.25) is 4.90 Å². The Balaban J connectivity index is 1.59. The highest BCUT2D eigenvalue weighted by atomic mass is 35.5. The van der Waals surface area contributed by atoms with E-state index in [0.717, 1.165) is 40.1 Å². The lowest BCUT2D eigenvalue weighted by Crippen LogP contribution is -2.33. The van der Waals surface area contributed by atoms with Crippen molar-refractivity contribution in [3.05, 3.63) is 94.3 Å². The zero-order valence-electron chi connectivity index (χ0n) is 19.8. The number of halogens is 2. The number of benzene rings is 3. The minimum Gasteiger partial charge on any atom is -0.494 e. The first-order chi connectivity index (χ1) is 16.5. The molecule has 0 bridgehead atoms. The van der Waals surface area contributed by atoms with Crippen LogP contribution in [0.15, 0.2) is 66.7 Å². The van der Waals surface area contributed by atoms with E-state index < -0.39 is 0 Å². The molecule has 0 spiro atoms. The standard InChI is InChI=1S/C29H31ClFNO2/c1-21(24-10-15-28(33-2)27(31)20-24)29(22-6-11-25(30)12-7-22)23-8-13-26(14-9-23)34-19-18-32-16-4-3-5-17-32/h6-15,20H,3-5,16-19H2,1-2H3/b29-21+. The molecular formula is C29H31ClFNO2. The first-order valence-corrected chi connectivity index (χ1v) is 12.2. The summed E-state index contributed by atoms with van der Waals surface area (Å²) in [7, 11) is 1.47. The van der Waals surface area contributed by atoms with Crippen LogP contribution in [0, 0.1) is 5.82 Å². The van der Waals surface area contributed by atoms with Crippen molar-refractivity contribution in [2.45, 2.75) is 26.2 Å². The van der Waals surface area contributed by atoms with E-state index in [1.807, 2.05) is 49.4 Å². The Morgan fingerprint density at radius 1 is 0.882 bits per heavy atom. The van der Waals surface area contributed by atoms with Crippen LogP contribution in [0.5, 0.6) is 11.5 Å². The van der Waals surface area contributed by atoms with Crippen LogP contribution < -0.4 is 9.47 Å². The lowest BCUT2D eigenvalue weighted by atomic mass is 9.90. The number of likely N-dealkylation sites (tertiary alicyclic amines) is 1. The summed E-state index contributed by atoms with van der Waals surface area (Å²) in [6.07, 6.45) is 3.91. The summed E-state index contributed by atoms with van der Waals surface area (Å²) in [4.78, 5) is 2.47. The SMILES string of the molecule is COc1ccc(/C(C)=C(\c2ccc(Cl)cc2)c2ccc(OCCN3CCCCC3)cc2)cc1F. The van der Waals surface area contributed by atoms with Crippen LogP contribution in [0.2, 0.25) is 5.02 Å². The molecule has 1 saturated heterocycles. The van der Waals surface area contributed by atoms with Crippen LogP contribution in [-0.2, 0) is 0 Å². The number of allylic oxidation sites excluding steroid dienone is 1. The fourth-order valence-corrected chi connectivity index (χ4v) is 4.58. The van der Waals surface area contributed by atoms with Gasteiger partial charge in [0.05, 0.1) is 7.11 Å². The van der Waals surface area contributed by atoms with Crippen LogP contribution >= 0.6 is 11.6 Å². The van der Waals surface area contributed by atoms with Gasteiger partial charge in [0.2, 0.25) is 0 Å². The largest absolute Gasteiger partial charge is 0.494 e. The smallest absolute Gasteiger partial charge is 0.165 e. The Bertz CT molecular complexity index is 1120. The highest BCUT2D eigenvalue weighted by Gasteiger charge is 2.14. The summed E-state index contributed by atoms with van der Waals surface area (Å²) in [5.41, 5.74) is 4.81. The molecule has 0 radical (unpaired) electrons. The Morgan fingerprint density at radius 3 is 2.12 bits per heavy atom. The third kappa shape index (κ3) is 5.99. The van der Waals surface area contributed by atoms with Crippen molar-refractivity contribution >= 4 is 22.7 Å². The third-order valence-electron chi connectivity index (χ3n) is 6.36. The molecule has 0 saturated carbocycles. The monoisotopic (exact) mass is 479 g/mol. The van der Waals surface area contributed by atoms with Crippen LogP contribution in [0.25, 0.3) is 11.1 Å². The number of hydrogen-bond donors (Lipinski definition) is 0. The van der Waals surface area contributed by atoms with Gasteiger partial charge in [-0.2, -0.15) is 0 Å². The summed E-state index contributed by atoms with van der Waals surface area (Å²) < 4.78 is 25.5. The number of rotatable bonds is 8. The Labute approximate surface area is 206 Å². The normalized spacial score (nSPS) is 15.1. The van der Waals surface area contributed by atoms with Crippen molar-refractivity contribution < 1.29 is 13.9 Å². The van der Waals surface area contributed by atoms with Gasteiger partial charge in [0.25, 0.3) is 0 Å². The molecule has 4 rings (SSSR count). The highest BCUT2D eigenvalue weighted by Crippen LogP contribution is 2.34. The molecule has 3 aromatic carbocycles. The van der Waals surface area contributed by atoms with E-state index in [9.17, 15) is 4.39 Å². The van der Waals surface area contributed by atoms with Gasteiger partial charge in [-0.1, -0.05) is 48.4 Å². The molecule has 1 heterocycles. The zero-order valence-corrected chi connectivity index (χ0v) is 20.6. The lowest BCUT2D eigenvalue weighted by molar-refractivity contribution is 0.183. The average Bonchev–Trinajstić information content (AvgIpc) is 2.87. The summed E-state index contributed by atoms with van der Waals surface area (Å²) in [5, 5.41) is 0.675. The molecule has 178 valence electrons. The number of hydrogen-bond acceptors (Lipinski definition) is 3. The second-order valence-electron chi connectivity index (χ2n) is 8.63. The van der Waals surface area contributed by atoms with E-state index in [0.29, 0.717) is 11.6 Å². The molecular weight excluding hydrogens is 449 g/mol. The van der Waals surface area contributed by atoms with Crippen molar-refractivity contribution in [2.24, 2.45) is 0 Å². The molecule has 34 heavy (non-hydrogen) atoms. The first kappa shape index (κ1) is 24.3. The number of ether oxygens (including phenoxy) is 2. The molecule has 0 unspecified atom stereocenters. The Morgan fingerprint density at radius 2 is 1.50 bits per heavy atom. The van der Waals surface area contributed by atoms with E-state index >= 15 is 0 Å². The van der Waals surface area contributed by atoms with Gasteiger partial charge in [0, 0.05) is 11.6 Å². The average molecular weight is 480 g/mol. The molecule has 1 aliphatic rings. The molecule has 0 aromatic heterocycles. The molecule has 3 nitrogen and oxygen atoms in total. The summed E-state index contributed by atoms with van der Waals surface area (Å²) >= 11 is 6.14. The Hall–Kier alpha value is -2.82. The zero-order chi connectivity index (χ0) is 23.9. The minimum atomic E-state index is -0.382. The molecule has 1 fully saturated rings. The maximum Gasteiger partial charge on any atom is 0.165 e. The van der Waals surface area contributed by atoms with Gasteiger partial charge in [-0.15, -0.1) is 0 Å². The predicted molar refractivity (Wildman–Crippen MR) is 138 cm³/mol. The van der Waals surface area contributed by atoms with Gasteiger partial charge in [-0.05, 0) is 97.1 Å². The molecule has 0 amide bonds. The number of methoxy groups -OCH3 is 1. The van der Waals surface area contributed by atoms with Crippen molar-refractivity contribution in [3.63, 3.8) is 0 Å². The molecule has 0 atom stereocenters. The van der Waals surface area contributed by atoms with Crippen LogP contribution in [0.1, 0.15) is 42.9 Å². The summed E-state index contributed by atoms with van der Waals surface area (Å²) in [6, 6.07) is 20.9. The molecule has 3 aromatic rings. The quantitative estimate of drug-likeness (QED) is 0.316. The maximum atomic E-state index is 14.5. The third-order valence-corrected chi connectivity index (χ3v) is 6.61. The van der Waals surface area contributed by atoms with E-state index in [1.54, 1.807) is 6.07 Å². The van der Waals surface area contributed by atoms with E-state index in [4.69, 9.17) is 21.1 Å². The van der Waals surface area contributed by atoms with Crippen LogP contribution in [-0.4, -0.2) is 38.3 Å². The van der Waals surface area contributed by atoms with Crippen molar-refractivity contribution in [2.75, 3.05) is 33.4 Å². The highest BCUT2D eigenvalue weighted by molar-refractivity contribution is 6.30. The van der Waals surface area contributed by atoms with Gasteiger partial charge in [0.1, 0.15) is 12.4 Å². The van der Waals surface area contributed by atoms with Crippen molar-refractivity contribution in [1.82, 2.24) is 4.90 Å². The fraction of sp³-hybridized carbons (Fsp3) is 0.310. The number of nitrogens with zero attached hydrogens (tertiary/aromatic N) is 1. The van der Waals surface area contributed by atoms with Gasteiger partial charge in [0.15, 0.2) is 11.6 Å². The van der Waals surface area contributed by atoms with Gasteiger partial charge < -0.3 is 9.47 Å². The molecule has 0 N–H and O–H groups in total.